The molecule has 0 fully saturated rings. The van der Waals surface area contributed by atoms with Crippen molar-refractivity contribution < 1.29 is 18.3 Å². The molecule has 15 heavy (non-hydrogen) atoms. The summed E-state index contributed by atoms with van der Waals surface area (Å²) in [4.78, 5) is 0. The molecule has 0 aromatic heterocycles. The highest BCUT2D eigenvalue weighted by Gasteiger charge is 2.43. The highest BCUT2D eigenvalue weighted by molar-refractivity contribution is 5.56. The molecule has 2 nitrogen and oxygen atoms in total. The van der Waals surface area contributed by atoms with Crippen molar-refractivity contribution in [1.82, 2.24) is 0 Å². The fourth-order valence-electron chi connectivity index (χ4n) is 1.32. The lowest BCUT2D eigenvalue weighted by atomic mass is 10.2. The van der Waals surface area contributed by atoms with Gasteiger partial charge in [0, 0.05) is 0 Å². The van der Waals surface area contributed by atoms with Crippen LogP contribution in [0.2, 0.25) is 0 Å². The summed E-state index contributed by atoms with van der Waals surface area (Å²) in [5, 5.41) is 0. The quantitative estimate of drug-likeness (QED) is 0.747. The van der Waals surface area contributed by atoms with Gasteiger partial charge in [0.05, 0.1) is 0 Å². The van der Waals surface area contributed by atoms with E-state index in [2.05, 4.69) is 9.47 Å². The van der Waals surface area contributed by atoms with Gasteiger partial charge in [0.1, 0.15) is 0 Å². The third-order valence-electron chi connectivity index (χ3n) is 1.97. The average Bonchev–Trinajstić information content (AvgIpc) is 2.47. The van der Waals surface area contributed by atoms with Gasteiger partial charge in [0.25, 0.3) is 0 Å². The maximum absolute atomic E-state index is 12.7. The SMILES string of the molecule is CC/C=C/c1ccc2c(c1)OC(F)(F)O2. The topological polar surface area (TPSA) is 18.5 Å². The number of fused-ring (bicyclic) bond motifs is 1. The van der Waals surface area contributed by atoms with Crippen molar-refractivity contribution >= 4 is 6.08 Å². The number of allylic oxidation sites excluding steroid dienone is 1. The number of halogens is 2. The van der Waals surface area contributed by atoms with E-state index in [9.17, 15) is 8.78 Å². The summed E-state index contributed by atoms with van der Waals surface area (Å²) in [5.41, 5.74) is 0.817. The molecule has 1 aliphatic heterocycles. The van der Waals surface area contributed by atoms with Crippen LogP contribution in [0.4, 0.5) is 8.78 Å². The van der Waals surface area contributed by atoms with E-state index < -0.39 is 6.29 Å². The van der Waals surface area contributed by atoms with Crippen LogP contribution in [0.1, 0.15) is 18.9 Å². The van der Waals surface area contributed by atoms with Gasteiger partial charge in [0.15, 0.2) is 11.5 Å². The maximum atomic E-state index is 12.7. The zero-order valence-electron chi connectivity index (χ0n) is 8.17. The summed E-state index contributed by atoms with van der Waals surface area (Å²) in [6, 6.07) is 4.71. The second-order valence-electron chi connectivity index (χ2n) is 3.18. The second-order valence-corrected chi connectivity index (χ2v) is 3.18. The molecule has 0 amide bonds. The van der Waals surface area contributed by atoms with Crippen LogP contribution in [0.15, 0.2) is 24.3 Å². The third-order valence-corrected chi connectivity index (χ3v) is 1.97. The normalized spacial score (nSPS) is 17.3. The van der Waals surface area contributed by atoms with Crippen LogP contribution < -0.4 is 9.47 Å². The molecule has 1 heterocycles. The fourth-order valence-corrected chi connectivity index (χ4v) is 1.32. The number of alkyl halides is 2. The molecular weight excluding hydrogens is 202 g/mol. The van der Waals surface area contributed by atoms with Crippen LogP contribution in [0.5, 0.6) is 11.5 Å². The van der Waals surface area contributed by atoms with Crippen molar-refractivity contribution in [2.45, 2.75) is 19.6 Å². The van der Waals surface area contributed by atoms with Gasteiger partial charge in [-0.2, -0.15) is 0 Å². The lowest BCUT2D eigenvalue weighted by molar-refractivity contribution is -0.286. The number of rotatable bonds is 2. The summed E-state index contributed by atoms with van der Waals surface area (Å²) in [7, 11) is 0. The molecule has 0 saturated heterocycles. The third kappa shape index (κ3) is 2.09. The first-order valence-electron chi connectivity index (χ1n) is 4.67. The zero-order valence-corrected chi connectivity index (χ0v) is 8.17. The van der Waals surface area contributed by atoms with E-state index in [0.717, 1.165) is 12.0 Å². The van der Waals surface area contributed by atoms with Crippen LogP contribution in [-0.2, 0) is 0 Å². The lowest BCUT2D eigenvalue weighted by Crippen LogP contribution is -2.25. The van der Waals surface area contributed by atoms with Crippen LogP contribution in [0.25, 0.3) is 6.08 Å². The molecule has 0 N–H and O–H groups in total. The molecule has 0 unspecified atom stereocenters. The van der Waals surface area contributed by atoms with Crippen LogP contribution in [-0.4, -0.2) is 6.29 Å². The number of hydrogen-bond donors (Lipinski definition) is 0. The maximum Gasteiger partial charge on any atom is 0.586 e. The first kappa shape index (κ1) is 9.96. The van der Waals surface area contributed by atoms with Crippen molar-refractivity contribution in [2.24, 2.45) is 0 Å². The van der Waals surface area contributed by atoms with E-state index in [4.69, 9.17) is 0 Å². The van der Waals surface area contributed by atoms with Crippen molar-refractivity contribution in [3.63, 3.8) is 0 Å². The molecule has 2 rings (SSSR count). The Kier molecular flexibility index (Phi) is 2.34. The summed E-state index contributed by atoms with van der Waals surface area (Å²) < 4.78 is 33.9. The van der Waals surface area contributed by atoms with E-state index in [1.54, 1.807) is 6.07 Å². The summed E-state index contributed by atoms with van der Waals surface area (Å²) in [6.45, 7) is 2.00. The van der Waals surface area contributed by atoms with E-state index in [-0.39, 0.29) is 11.5 Å². The highest BCUT2D eigenvalue weighted by Crippen LogP contribution is 2.41. The van der Waals surface area contributed by atoms with Crippen LogP contribution in [0, 0.1) is 0 Å². The van der Waals surface area contributed by atoms with Gasteiger partial charge in [0.2, 0.25) is 0 Å². The van der Waals surface area contributed by atoms with Gasteiger partial charge < -0.3 is 9.47 Å². The van der Waals surface area contributed by atoms with Crippen molar-refractivity contribution in [1.29, 1.82) is 0 Å². The molecule has 0 saturated carbocycles. The molecule has 1 aliphatic rings. The highest BCUT2D eigenvalue weighted by atomic mass is 19.3. The molecule has 4 heteroatoms. The smallest absolute Gasteiger partial charge is 0.395 e. The van der Waals surface area contributed by atoms with Crippen LogP contribution in [0.3, 0.4) is 0 Å². The van der Waals surface area contributed by atoms with Crippen molar-refractivity contribution in [2.75, 3.05) is 0 Å². The van der Waals surface area contributed by atoms with E-state index in [0.29, 0.717) is 0 Å². The number of hydrogen-bond acceptors (Lipinski definition) is 2. The minimum Gasteiger partial charge on any atom is -0.395 e. The molecule has 80 valence electrons. The molecule has 0 radical (unpaired) electrons. The molecule has 0 atom stereocenters. The minimum atomic E-state index is -3.53. The second kappa shape index (κ2) is 3.53. The fraction of sp³-hybridized carbons (Fsp3) is 0.273. The average molecular weight is 212 g/mol. The van der Waals surface area contributed by atoms with Gasteiger partial charge in [-0.3, -0.25) is 0 Å². The van der Waals surface area contributed by atoms with Gasteiger partial charge in [-0.15, -0.1) is 8.78 Å². The van der Waals surface area contributed by atoms with Gasteiger partial charge in [-0.1, -0.05) is 25.1 Å². The Labute approximate surface area is 86.1 Å². The first-order valence-corrected chi connectivity index (χ1v) is 4.67. The molecular formula is C11H10F2O2. The van der Waals surface area contributed by atoms with E-state index in [1.807, 2.05) is 19.1 Å². The standard InChI is InChI=1S/C11H10F2O2/c1-2-3-4-8-5-6-9-10(7-8)15-11(12,13)14-9/h3-7H,2H2,1H3/b4-3+. The van der Waals surface area contributed by atoms with Gasteiger partial charge >= 0.3 is 6.29 Å². The minimum absolute atomic E-state index is 0.0775. The van der Waals surface area contributed by atoms with E-state index >= 15 is 0 Å². The monoisotopic (exact) mass is 212 g/mol. The number of benzene rings is 1. The predicted octanol–water partition coefficient (Wildman–Crippen LogP) is 3.43. The van der Waals surface area contributed by atoms with Crippen LogP contribution >= 0.6 is 0 Å². The zero-order chi connectivity index (χ0) is 10.9. The Morgan fingerprint density at radius 1 is 1.27 bits per heavy atom. The Bertz CT molecular complexity index is 400. The van der Waals surface area contributed by atoms with Crippen molar-refractivity contribution in [3.05, 3.63) is 29.8 Å². The molecule has 0 bridgehead atoms. The molecule has 0 aliphatic carbocycles. The Morgan fingerprint density at radius 2 is 2.00 bits per heavy atom. The molecule has 0 spiro atoms. The van der Waals surface area contributed by atoms with Gasteiger partial charge in [-0.05, 0) is 24.1 Å². The Hall–Kier alpha value is -1.58. The van der Waals surface area contributed by atoms with Gasteiger partial charge in [-0.25, -0.2) is 0 Å². The molecule has 1 aromatic rings. The summed E-state index contributed by atoms with van der Waals surface area (Å²) in [5.74, 6) is 0.159. The Morgan fingerprint density at radius 3 is 2.73 bits per heavy atom. The Balaban J connectivity index is 2.26. The first-order chi connectivity index (χ1) is 7.11. The number of ether oxygens (including phenoxy) is 2. The largest absolute Gasteiger partial charge is 0.586 e. The summed E-state index contributed by atoms with van der Waals surface area (Å²) >= 11 is 0. The van der Waals surface area contributed by atoms with E-state index in [1.165, 1.54) is 12.1 Å². The summed E-state index contributed by atoms with van der Waals surface area (Å²) in [6.07, 6.45) is 1.15. The lowest BCUT2D eigenvalue weighted by Gasteiger charge is -2.04. The van der Waals surface area contributed by atoms with Crippen molar-refractivity contribution in [3.8, 4) is 11.5 Å². The molecule has 1 aromatic carbocycles. The predicted molar refractivity (Wildman–Crippen MR) is 52.0 cm³/mol.